The summed E-state index contributed by atoms with van der Waals surface area (Å²) in [6, 6.07) is 4.01. The molecule has 0 aliphatic heterocycles. The normalized spacial score (nSPS) is 12.6. The van der Waals surface area contributed by atoms with E-state index >= 15 is 0 Å². The largest absolute Gasteiger partial charge is 0.333 e. The van der Waals surface area contributed by atoms with E-state index in [2.05, 4.69) is 10.3 Å². The molecular formula is C15H19F2N3. The highest BCUT2D eigenvalue weighted by atomic mass is 19.2. The zero-order valence-corrected chi connectivity index (χ0v) is 11.7. The van der Waals surface area contributed by atoms with Crippen molar-refractivity contribution in [1.29, 1.82) is 0 Å². The van der Waals surface area contributed by atoms with Crippen molar-refractivity contribution < 1.29 is 8.78 Å². The van der Waals surface area contributed by atoms with Crippen LogP contribution in [0.5, 0.6) is 0 Å². The van der Waals surface area contributed by atoms with Crippen molar-refractivity contribution in [2.75, 3.05) is 6.54 Å². The van der Waals surface area contributed by atoms with Gasteiger partial charge in [-0.15, -0.1) is 0 Å². The van der Waals surface area contributed by atoms with Gasteiger partial charge in [-0.3, -0.25) is 0 Å². The molecule has 3 nitrogen and oxygen atoms in total. The molecular weight excluding hydrogens is 260 g/mol. The summed E-state index contributed by atoms with van der Waals surface area (Å²) in [6.07, 6.45) is 4.39. The molecule has 1 heterocycles. The molecule has 0 aliphatic rings. The average molecular weight is 279 g/mol. The first-order chi connectivity index (χ1) is 9.67. The van der Waals surface area contributed by atoms with Crippen LogP contribution in [0.1, 0.15) is 31.3 Å². The van der Waals surface area contributed by atoms with E-state index in [1.807, 2.05) is 24.6 Å². The van der Waals surface area contributed by atoms with Crippen LogP contribution in [0.15, 0.2) is 30.6 Å². The Balaban J connectivity index is 2.29. The first-order valence-electron chi connectivity index (χ1n) is 6.84. The van der Waals surface area contributed by atoms with E-state index in [9.17, 15) is 8.78 Å². The summed E-state index contributed by atoms with van der Waals surface area (Å²) in [5.41, 5.74) is 0.350. The Labute approximate surface area is 117 Å². The molecule has 0 radical (unpaired) electrons. The first-order valence-corrected chi connectivity index (χ1v) is 6.84. The summed E-state index contributed by atoms with van der Waals surface area (Å²) < 4.78 is 29.3. The van der Waals surface area contributed by atoms with Gasteiger partial charge in [0.2, 0.25) is 0 Å². The van der Waals surface area contributed by atoms with E-state index in [4.69, 9.17) is 0 Å². The number of likely N-dealkylation sites (N-methyl/N-ethyl adjacent to an activating group) is 1. The smallest absolute Gasteiger partial charge is 0.163 e. The SMILES string of the molecule is CCNC(Cn1ccnc1CC)c1cccc(F)c1F. The zero-order chi connectivity index (χ0) is 14.5. The highest BCUT2D eigenvalue weighted by Gasteiger charge is 2.18. The summed E-state index contributed by atoms with van der Waals surface area (Å²) >= 11 is 0. The van der Waals surface area contributed by atoms with Gasteiger partial charge in [-0.25, -0.2) is 13.8 Å². The fourth-order valence-electron chi connectivity index (χ4n) is 2.33. The van der Waals surface area contributed by atoms with E-state index in [-0.39, 0.29) is 6.04 Å². The molecule has 0 fully saturated rings. The molecule has 0 amide bonds. The number of halogens is 2. The Kier molecular flexibility index (Phi) is 4.84. The van der Waals surface area contributed by atoms with Crippen molar-refractivity contribution in [2.45, 2.75) is 32.9 Å². The minimum Gasteiger partial charge on any atom is -0.333 e. The molecule has 1 aromatic carbocycles. The molecule has 1 unspecified atom stereocenters. The van der Waals surface area contributed by atoms with Crippen LogP contribution in [0.3, 0.4) is 0 Å². The molecule has 2 rings (SSSR count). The van der Waals surface area contributed by atoms with Crippen LogP contribution >= 0.6 is 0 Å². The van der Waals surface area contributed by atoms with Gasteiger partial charge in [0.1, 0.15) is 5.82 Å². The second-order valence-corrected chi connectivity index (χ2v) is 4.60. The van der Waals surface area contributed by atoms with Crippen molar-refractivity contribution in [3.8, 4) is 0 Å². The van der Waals surface area contributed by atoms with Crippen LogP contribution in [-0.2, 0) is 13.0 Å². The van der Waals surface area contributed by atoms with Gasteiger partial charge in [0.25, 0.3) is 0 Å². The van der Waals surface area contributed by atoms with Gasteiger partial charge in [-0.1, -0.05) is 26.0 Å². The summed E-state index contributed by atoms with van der Waals surface area (Å²) in [6.45, 7) is 5.16. The lowest BCUT2D eigenvalue weighted by molar-refractivity contribution is 0.428. The van der Waals surface area contributed by atoms with E-state index in [1.165, 1.54) is 6.07 Å². The third-order valence-corrected chi connectivity index (χ3v) is 3.30. The molecule has 0 aliphatic carbocycles. The standard InChI is InChI=1S/C15H19F2N3/c1-3-14-19-8-9-20(14)10-13(18-4-2)11-6-5-7-12(16)15(11)17/h5-9,13,18H,3-4,10H2,1-2H3. The number of nitrogens with zero attached hydrogens (tertiary/aromatic N) is 2. The second kappa shape index (κ2) is 6.61. The van der Waals surface area contributed by atoms with Gasteiger partial charge in [0.05, 0.1) is 6.04 Å². The Bertz CT molecular complexity index is 566. The summed E-state index contributed by atoms with van der Waals surface area (Å²) in [7, 11) is 0. The van der Waals surface area contributed by atoms with Crippen molar-refractivity contribution in [3.63, 3.8) is 0 Å². The van der Waals surface area contributed by atoms with Gasteiger partial charge >= 0.3 is 0 Å². The third-order valence-electron chi connectivity index (χ3n) is 3.30. The highest BCUT2D eigenvalue weighted by Crippen LogP contribution is 2.21. The van der Waals surface area contributed by atoms with Crippen LogP contribution in [0, 0.1) is 11.6 Å². The lowest BCUT2D eigenvalue weighted by Crippen LogP contribution is -2.27. The van der Waals surface area contributed by atoms with Crippen molar-refractivity contribution in [3.05, 3.63) is 53.6 Å². The van der Waals surface area contributed by atoms with Gasteiger partial charge in [0, 0.05) is 30.9 Å². The van der Waals surface area contributed by atoms with Gasteiger partial charge in [0.15, 0.2) is 11.6 Å². The predicted molar refractivity (Wildman–Crippen MR) is 74.4 cm³/mol. The second-order valence-electron chi connectivity index (χ2n) is 4.60. The van der Waals surface area contributed by atoms with Crippen LogP contribution in [0.2, 0.25) is 0 Å². The minimum atomic E-state index is -0.813. The summed E-state index contributed by atoms with van der Waals surface area (Å²) in [4.78, 5) is 4.25. The molecule has 108 valence electrons. The topological polar surface area (TPSA) is 29.9 Å². The summed E-state index contributed by atoms with van der Waals surface area (Å²) in [5.74, 6) is -0.659. The van der Waals surface area contributed by atoms with E-state index in [0.717, 1.165) is 18.3 Å². The van der Waals surface area contributed by atoms with Crippen LogP contribution < -0.4 is 5.32 Å². The highest BCUT2D eigenvalue weighted by molar-refractivity contribution is 5.22. The quantitative estimate of drug-likeness (QED) is 0.880. The Morgan fingerprint density at radius 1 is 1.30 bits per heavy atom. The maximum atomic E-state index is 13.9. The number of imidazole rings is 1. The fraction of sp³-hybridized carbons (Fsp3) is 0.400. The van der Waals surface area contributed by atoms with E-state index < -0.39 is 11.6 Å². The molecule has 5 heteroatoms. The number of nitrogens with one attached hydrogen (secondary N) is 1. The molecule has 0 saturated heterocycles. The number of aryl methyl sites for hydroxylation is 1. The molecule has 2 aromatic rings. The molecule has 0 bridgehead atoms. The van der Waals surface area contributed by atoms with Gasteiger partial charge in [-0.05, 0) is 12.6 Å². The van der Waals surface area contributed by atoms with Crippen molar-refractivity contribution in [1.82, 2.24) is 14.9 Å². The third kappa shape index (κ3) is 3.04. The molecule has 20 heavy (non-hydrogen) atoms. The number of benzene rings is 1. The van der Waals surface area contributed by atoms with Crippen molar-refractivity contribution >= 4 is 0 Å². The summed E-state index contributed by atoms with van der Waals surface area (Å²) in [5, 5.41) is 3.20. The first kappa shape index (κ1) is 14.7. The lowest BCUT2D eigenvalue weighted by atomic mass is 10.1. The molecule has 1 atom stereocenters. The number of hydrogen-bond acceptors (Lipinski definition) is 2. The van der Waals surface area contributed by atoms with Crippen molar-refractivity contribution in [2.24, 2.45) is 0 Å². The number of aromatic nitrogens is 2. The van der Waals surface area contributed by atoms with Crippen LogP contribution in [0.25, 0.3) is 0 Å². The van der Waals surface area contributed by atoms with Gasteiger partial charge < -0.3 is 9.88 Å². The molecule has 1 N–H and O–H groups in total. The predicted octanol–water partition coefficient (Wildman–Crippen LogP) is 3.07. The maximum Gasteiger partial charge on any atom is 0.163 e. The number of rotatable bonds is 6. The molecule has 0 saturated carbocycles. The van der Waals surface area contributed by atoms with Gasteiger partial charge in [-0.2, -0.15) is 0 Å². The van der Waals surface area contributed by atoms with Crippen LogP contribution in [0.4, 0.5) is 8.78 Å². The minimum absolute atomic E-state index is 0.282. The zero-order valence-electron chi connectivity index (χ0n) is 11.7. The van der Waals surface area contributed by atoms with Crippen LogP contribution in [-0.4, -0.2) is 16.1 Å². The number of hydrogen-bond donors (Lipinski definition) is 1. The Hall–Kier alpha value is -1.75. The Morgan fingerprint density at radius 2 is 2.10 bits per heavy atom. The Morgan fingerprint density at radius 3 is 2.80 bits per heavy atom. The lowest BCUT2D eigenvalue weighted by Gasteiger charge is -2.20. The van der Waals surface area contributed by atoms with E-state index in [1.54, 1.807) is 12.3 Å². The van der Waals surface area contributed by atoms with E-state index in [0.29, 0.717) is 18.7 Å². The monoisotopic (exact) mass is 279 g/mol. The fourth-order valence-corrected chi connectivity index (χ4v) is 2.33. The maximum absolute atomic E-state index is 13.9. The molecule has 1 aromatic heterocycles. The molecule has 0 spiro atoms. The average Bonchev–Trinajstić information content (AvgIpc) is 2.89.